The maximum atomic E-state index is 12.9. The van der Waals surface area contributed by atoms with Gasteiger partial charge in [0.25, 0.3) is 5.91 Å². The zero-order valence-corrected chi connectivity index (χ0v) is 14.4. The van der Waals surface area contributed by atoms with Crippen LogP contribution in [0.1, 0.15) is 43.2 Å². The van der Waals surface area contributed by atoms with Crippen molar-refractivity contribution in [1.29, 1.82) is 0 Å². The quantitative estimate of drug-likeness (QED) is 0.592. The Bertz CT molecular complexity index is 718. The molecule has 0 atom stereocenters. The van der Waals surface area contributed by atoms with Crippen molar-refractivity contribution in [2.75, 3.05) is 0 Å². The minimum Gasteiger partial charge on any atom is -0.349 e. The largest absolute Gasteiger partial charge is 0.349 e. The zero-order valence-electron chi connectivity index (χ0n) is 13.7. The summed E-state index contributed by atoms with van der Waals surface area (Å²) in [5, 5.41) is 3.86. The Morgan fingerprint density at radius 3 is 2.33 bits per heavy atom. The topological polar surface area (TPSA) is 29.1 Å². The van der Waals surface area contributed by atoms with Gasteiger partial charge in [-0.2, -0.15) is 0 Å². The third-order valence-corrected chi connectivity index (χ3v) is 4.82. The lowest BCUT2D eigenvalue weighted by atomic mass is 9.94. The van der Waals surface area contributed by atoms with Gasteiger partial charge in [-0.1, -0.05) is 79.4 Å². The Morgan fingerprint density at radius 1 is 0.958 bits per heavy atom. The number of hydrogen-bond donors (Lipinski definition) is 1. The van der Waals surface area contributed by atoms with Gasteiger partial charge in [-0.25, -0.2) is 0 Å². The number of carbonyl (C=O) groups is 1. The van der Waals surface area contributed by atoms with Crippen LogP contribution in [-0.4, -0.2) is 11.9 Å². The van der Waals surface area contributed by atoms with Gasteiger partial charge in [-0.05, 0) is 36.1 Å². The third-order valence-electron chi connectivity index (χ3n) is 4.47. The fourth-order valence-electron chi connectivity index (χ4n) is 3.16. The van der Waals surface area contributed by atoms with E-state index in [0.29, 0.717) is 10.6 Å². The number of halogens is 1. The molecule has 1 aliphatic rings. The summed E-state index contributed by atoms with van der Waals surface area (Å²) in [6.07, 6.45) is 7.68. The molecule has 0 bridgehead atoms. The number of benzene rings is 2. The molecule has 1 saturated carbocycles. The number of hydrogen-bond acceptors (Lipinski definition) is 1. The molecule has 0 radical (unpaired) electrons. The van der Waals surface area contributed by atoms with Gasteiger partial charge in [-0.3, -0.25) is 4.79 Å². The highest BCUT2D eigenvalue weighted by atomic mass is 35.5. The Kier molecular flexibility index (Phi) is 5.71. The van der Waals surface area contributed by atoms with Crippen molar-refractivity contribution in [2.24, 2.45) is 0 Å². The molecule has 0 unspecified atom stereocenters. The molecule has 2 aromatic carbocycles. The molecule has 1 amide bonds. The maximum absolute atomic E-state index is 12.9. The summed E-state index contributed by atoms with van der Waals surface area (Å²) in [6.45, 7) is 0. The molecule has 1 fully saturated rings. The smallest absolute Gasteiger partial charge is 0.252 e. The summed E-state index contributed by atoms with van der Waals surface area (Å²) in [7, 11) is 0. The van der Waals surface area contributed by atoms with Gasteiger partial charge in [0.1, 0.15) is 0 Å². The lowest BCUT2D eigenvalue weighted by Gasteiger charge is -2.23. The molecule has 2 nitrogen and oxygen atoms in total. The molecular formula is C21H22ClNO. The van der Waals surface area contributed by atoms with Gasteiger partial charge in [0, 0.05) is 16.6 Å². The number of carbonyl (C=O) groups excluding carboxylic acids is 1. The highest BCUT2D eigenvalue weighted by molar-refractivity contribution is 6.33. The maximum Gasteiger partial charge on any atom is 0.252 e. The minimum atomic E-state index is -0.0204. The predicted molar refractivity (Wildman–Crippen MR) is 101 cm³/mol. The van der Waals surface area contributed by atoms with E-state index >= 15 is 0 Å². The van der Waals surface area contributed by atoms with Crippen LogP contribution in [0.4, 0.5) is 0 Å². The lowest BCUT2D eigenvalue weighted by molar-refractivity contribution is -0.116. The Hall–Kier alpha value is -2.06. The van der Waals surface area contributed by atoms with E-state index in [0.717, 1.165) is 24.0 Å². The van der Waals surface area contributed by atoms with Crippen molar-refractivity contribution in [3.8, 4) is 0 Å². The fraction of sp³-hybridized carbons (Fsp3) is 0.286. The molecule has 0 heterocycles. The van der Waals surface area contributed by atoms with Gasteiger partial charge in [-0.15, -0.1) is 0 Å². The summed E-state index contributed by atoms with van der Waals surface area (Å²) < 4.78 is 0. The molecule has 24 heavy (non-hydrogen) atoms. The highest BCUT2D eigenvalue weighted by Crippen LogP contribution is 2.24. The average Bonchev–Trinajstić information content (AvgIpc) is 2.62. The van der Waals surface area contributed by atoms with Crippen LogP contribution in [0.3, 0.4) is 0 Å². The molecule has 0 aromatic heterocycles. The van der Waals surface area contributed by atoms with Crippen LogP contribution < -0.4 is 5.32 Å². The average molecular weight is 340 g/mol. The van der Waals surface area contributed by atoms with E-state index in [9.17, 15) is 4.79 Å². The number of amides is 1. The highest BCUT2D eigenvalue weighted by Gasteiger charge is 2.19. The van der Waals surface area contributed by atoms with E-state index in [1.165, 1.54) is 19.3 Å². The predicted octanol–water partition coefficient (Wildman–Crippen LogP) is 5.33. The first-order chi connectivity index (χ1) is 11.7. The van der Waals surface area contributed by atoms with Crippen molar-refractivity contribution in [3.63, 3.8) is 0 Å². The monoisotopic (exact) mass is 339 g/mol. The van der Waals surface area contributed by atoms with E-state index in [4.69, 9.17) is 11.6 Å². The summed E-state index contributed by atoms with van der Waals surface area (Å²) in [6, 6.07) is 17.6. The first kappa shape index (κ1) is 16.8. The van der Waals surface area contributed by atoms with Gasteiger partial charge in [0.2, 0.25) is 0 Å². The summed E-state index contributed by atoms with van der Waals surface area (Å²) in [5.41, 5.74) is 2.43. The van der Waals surface area contributed by atoms with Crippen molar-refractivity contribution < 1.29 is 4.79 Å². The second-order valence-corrected chi connectivity index (χ2v) is 6.66. The molecule has 1 aliphatic carbocycles. The standard InChI is InChI=1S/C21H22ClNO/c22-20-14-8-7-11-17(20)15-19(16-9-3-1-4-10-16)21(24)23-18-12-5-2-6-13-18/h1,3-4,7-11,14-15,18H,2,5-6,12-13H2,(H,23,24)/b19-15+. The second-order valence-electron chi connectivity index (χ2n) is 6.25. The second kappa shape index (κ2) is 8.16. The van der Waals surface area contributed by atoms with Crippen LogP contribution in [-0.2, 0) is 4.79 Å². The first-order valence-corrected chi connectivity index (χ1v) is 8.94. The molecule has 124 valence electrons. The van der Waals surface area contributed by atoms with Gasteiger partial charge < -0.3 is 5.32 Å². The lowest BCUT2D eigenvalue weighted by Crippen LogP contribution is -2.36. The van der Waals surface area contributed by atoms with Crippen molar-refractivity contribution in [2.45, 2.75) is 38.1 Å². The van der Waals surface area contributed by atoms with Crippen LogP contribution in [0.2, 0.25) is 5.02 Å². The molecular weight excluding hydrogens is 318 g/mol. The van der Waals surface area contributed by atoms with E-state index < -0.39 is 0 Å². The SMILES string of the molecule is O=C(NC1CCCCC1)/C(=C/c1ccccc1Cl)c1ccccc1. The zero-order chi connectivity index (χ0) is 16.8. The molecule has 3 heteroatoms. The van der Waals surface area contributed by atoms with Crippen LogP contribution >= 0.6 is 11.6 Å². The molecule has 0 saturated heterocycles. The van der Waals surface area contributed by atoms with Gasteiger partial charge in [0.15, 0.2) is 0 Å². The van der Waals surface area contributed by atoms with E-state index in [1.807, 2.05) is 60.7 Å². The Labute approximate surface area is 148 Å². The Morgan fingerprint density at radius 2 is 1.62 bits per heavy atom. The van der Waals surface area contributed by atoms with E-state index in [-0.39, 0.29) is 11.9 Å². The van der Waals surface area contributed by atoms with Gasteiger partial charge >= 0.3 is 0 Å². The number of nitrogens with one attached hydrogen (secondary N) is 1. The van der Waals surface area contributed by atoms with Crippen LogP contribution in [0.25, 0.3) is 11.6 Å². The van der Waals surface area contributed by atoms with E-state index in [2.05, 4.69) is 5.32 Å². The van der Waals surface area contributed by atoms with Crippen LogP contribution in [0, 0.1) is 0 Å². The number of rotatable bonds is 4. The first-order valence-electron chi connectivity index (χ1n) is 8.56. The molecule has 3 rings (SSSR count). The summed E-state index contributed by atoms with van der Waals surface area (Å²) >= 11 is 6.28. The molecule has 2 aromatic rings. The van der Waals surface area contributed by atoms with Crippen LogP contribution in [0.5, 0.6) is 0 Å². The summed E-state index contributed by atoms with van der Waals surface area (Å²) in [4.78, 5) is 12.9. The molecule has 0 spiro atoms. The fourth-order valence-corrected chi connectivity index (χ4v) is 3.35. The normalized spacial score (nSPS) is 16.0. The van der Waals surface area contributed by atoms with E-state index in [1.54, 1.807) is 0 Å². The van der Waals surface area contributed by atoms with Crippen molar-refractivity contribution >= 4 is 29.2 Å². The van der Waals surface area contributed by atoms with Crippen molar-refractivity contribution in [1.82, 2.24) is 5.32 Å². The third kappa shape index (κ3) is 4.27. The minimum absolute atomic E-state index is 0.0204. The summed E-state index contributed by atoms with van der Waals surface area (Å²) in [5.74, 6) is -0.0204. The van der Waals surface area contributed by atoms with Crippen LogP contribution in [0.15, 0.2) is 54.6 Å². The Balaban J connectivity index is 1.90. The van der Waals surface area contributed by atoms with Crippen molar-refractivity contribution in [3.05, 3.63) is 70.7 Å². The van der Waals surface area contributed by atoms with Gasteiger partial charge in [0.05, 0.1) is 0 Å². The molecule has 1 N–H and O–H groups in total. The molecule has 0 aliphatic heterocycles.